The topological polar surface area (TPSA) is 29.1 Å². The Morgan fingerprint density at radius 2 is 2.22 bits per heavy atom. The van der Waals surface area contributed by atoms with E-state index in [-0.39, 0.29) is 12.3 Å². The van der Waals surface area contributed by atoms with Crippen molar-refractivity contribution in [3.63, 3.8) is 0 Å². The molecule has 0 unspecified atom stereocenters. The lowest BCUT2D eigenvalue weighted by Crippen LogP contribution is -2.15. The average Bonchev–Trinajstić information content (AvgIpc) is 1.63. The van der Waals surface area contributed by atoms with Crippen molar-refractivity contribution in [2.45, 2.75) is 20.3 Å². The Labute approximate surface area is 60.7 Å². The van der Waals surface area contributed by atoms with Crippen molar-refractivity contribution in [2.24, 2.45) is 5.92 Å². The maximum Gasteiger partial charge on any atom is 0.148 e. The van der Waals surface area contributed by atoms with Crippen molar-refractivity contribution in [3.8, 4) is 0 Å². The van der Waals surface area contributed by atoms with Crippen LogP contribution in [-0.2, 0) is 4.79 Å². The van der Waals surface area contributed by atoms with E-state index < -0.39 is 0 Å². The second-order valence-corrected chi connectivity index (χ2v) is 2.71. The monoisotopic (exact) mass is 149 g/mol. The molecule has 0 bridgehead atoms. The van der Waals surface area contributed by atoms with E-state index in [2.05, 4.69) is 4.84 Å². The van der Waals surface area contributed by atoms with Gasteiger partial charge in [0.05, 0.1) is 6.54 Å². The average molecular weight is 150 g/mol. The molecule has 3 heteroatoms. The highest BCUT2D eigenvalue weighted by Gasteiger charge is 2.02. The lowest BCUT2D eigenvalue weighted by Gasteiger charge is -2.00. The molecular formula is C6H12ClNO. The molecule has 0 aromatic carbocycles. The van der Waals surface area contributed by atoms with E-state index in [1.165, 1.54) is 0 Å². The van der Waals surface area contributed by atoms with E-state index in [1.807, 2.05) is 13.8 Å². The molecule has 0 aliphatic carbocycles. The number of nitrogens with one attached hydrogen (secondary N) is 1. The van der Waals surface area contributed by atoms with Gasteiger partial charge in [-0.25, -0.2) is 4.84 Å². The number of hydrogen-bond donors (Lipinski definition) is 1. The van der Waals surface area contributed by atoms with Gasteiger partial charge in [-0.15, -0.1) is 0 Å². The van der Waals surface area contributed by atoms with E-state index in [4.69, 9.17) is 11.8 Å². The normalized spacial score (nSPS) is 10.2. The second-order valence-electron chi connectivity index (χ2n) is 2.45. The van der Waals surface area contributed by atoms with Gasteiger partial charge in [0.2, 0.25) is 0 Å². The van der Waals surface area contributed by atoms with Gasteiger partial charge in [0.25, 0.3) is 0 Å². The summed E-state index contributed by atoms with van der Waals surface area (Å²) in [5.74, 6) is 0.600. The van der Waals surface area contributed by atoms with Crippen molar-refractivity contribution in [3.05, 3.63) is 0 Å². The molecule has 0 saturated carbocycles. The van der Waals surface area contributed by atoms with Gasteiger partial charge in [0.1, 0.15) is 5.78 Å². The smallest absolute Gasteiger partial charge is 0.148 e. The predicted molar refractivity (Wildman–Crippen MR) is 38.3 cm³/mol. The van der Waals surface area contributed by atoms with Crippen LogP contribution in [-0.4, -0.2) is 12.3 Å². The first kappa shape index (κ1) is 8.92. The van der Waals surface area contributed by atoms with Crippen LogP contribution in [0.15, 0.2) is 0 Å². The standard InChI is InChI=1S/C6H12ClNO/c1-5(2)3-6(9)4-8-7/h5,8H,3-4H2,1-2H3. The SMILES string of the molecule is CC(C)CC(=O)CNCl. The molecule has 9 heavy (non-hydrogen) atoms. The Bertz CT molecular complexity index is 93.1. The zero-order valence-corrected chi connectivity index (χ0v) is 6.53. The van der Waals surface area contributed by atoms with Crippen LogP contribution < -0.4 is 4.84 Å². The first-order chi connectivity index (χ1) is 4.16. The molecule has 1 N–H and O–H groups in total. The maximum atomic E-state index is 10.7. The molecule has 0 aromatic rings. The minimum absolute atomic E-state index is 0.167. The maximum absolute atomic E-state index is 10.7. The summed E-state index contributed by atoms with van der Waals surface area (Å²) in [5, 5.41) is 0. The van der Waals surface area contributed by atoms with Gasteiger partial charge in [-0.05, 0) is 17.7 Å². The van der Waals surface area contributed by atoms with Crippen LogP contribution in [0.2, 0.25) is 0 Å². The van der Waals surface area contributed by atoms with Crippen molar-refractivity contribution < 1.29 is 4.79 Å². The largest absolute Gasteiger partial charge is 0.298 e. The van der Waals surface area contributed by atoms with Crippen LogP contribution in [0.3, 0.4) is 0 Å². The predicted octanol–water partition coefficient (Wildman–Crippen LogP) is 1.34. The molecule has 0 fully saturated rings. The summed E-state index contributed by atoms with van der Waals surface area (Å²) >= 11 is 5.11. The molecular weight excluding hydrogens is 138 g/mol. The summed E-state index contributed by atoms with van der Waals surface area (Å²) in [6, 6.07) is 0. The van der Waals surface area contributed by atoms with Crippen molar-refractivity contribution in [1.29, 1.82) is 0 Å². The van der Waals surface area contributed by atoms with E-state index in [1.54, 1.807) is 0 Å². The molecule has 54 valence electrons. The first-order valence-corrected chi connectivity index (χ1v) is 3.39. The molecule has 0 amide bonds. The Morgan fingerprint density at radius 3 is 2.56 bits per heavy atom. The third-order valence-corrected chi connectivity index (χ3v) is 1.03. The number of halogens is 1. The van der Waals surface area contributed by atoms with Crippen molar-refractivity contribution >= 4 is 17.6 Å². The number of hydrogen-bond acceptors (Lipinski definition) is 2. The van der Waals surface area contributed by atoms with E-state index in [0.717, 1.165) is 0 Å². The van der Waals surface area contributed by atoms with Crippen LogP contribution in [0.1, 0.15) is 20.3 Å². The fraction of sp³-hybridized carbons (Fsp3) is 0.833. The summed E-state index contributed by atoms with van der Waals surface area (Å²) < 4.78 is 0. The minimum Gasteiger partial charge on any atom is -0.298 e. The van der Waals surface area contributed by atoms with Crippen molar-refractivity contribution in [2.75, 3.05) is 6.54 Å². The number of carbonyl (C=O) groups excluding carboxylic acids is 1. The molecule has 2 nitrogen and oxygen atoms in total. The van der Waals surface area contributed by atoms with Crippen LogP contribution in [0.5, 0.6) is 0 Å². The number of ketones is 1. The molecule has 0 aromatic heterocycles. The molecule has 0 aliphatic rings. The summed E-state index contributed by atoms with van der Waals surface area (Å²) in [4.78, 5) is 13.0. The van der Waals surface area contributed by atoms with Gasteiger partial charge < -0.3 is 0 Å². The van der Waals surface area contributed by atoms with Gasteiger partial charge in [-0.3, -0.25) is 4.79 Å². The fourth-order valence-corrected chi connectivity index (χ4v) is 0.751. The fourth-order valence-electron chi connectivity index (χ4n) is 0.602. The molecule has 0 rings (SSSR count). The number of carbonyl (C=O) groups is 1. The molecule has 0 atom stereocenters. The third kappa shape index (κ3) is 5.80. The Kier molecular flexibility index (Phi) is 4.72. The zero-order chi connectivity index (χ0) is 7.28. The summed E-state index contributed by atoms with van der Waals surface area (Å²) in [5.41, 5.74) is 0. The number of Topliss-reactive ketones (excluding diaryl/α,β-unsaturated/α-hetero) is 1. The zero-order valence-electron chi connectivity index (χ0n) is 5.78. The van der Waals surface area contributed by atoms with E-state index in [0.29, 0.717) is 12.3 Å². The third-order valence-electron chi connectivity index (χ3n) is 0.900. The molecule has 0 spiro atoms. The van der Waals surface area contributed by atoms with Crippen LogP contribution in [0.25, 0.3) is 0 Å². The quantitative estimate of drug-likeness (QED) is 0.612. The highest BCUT2D eigenvalue weighted by atomic mass is 35.5. The van der Waals surface area contributed by atoms with E-state index in [9.17, 15) is 4.79 Å². The Morgan fingerprint density at radius 1 is 1.67 bits per heavy atom. The van der Waals surface area contributed by atoms with Crippen LogP contribution in [0.4, 0.5) is 0 Å². The van der Waals surface area contributed by atoms with Gasteiger partial charge in [0, 0.05) is 6.42 Å². The lowest BCUT2D eigenvalue weighted by atomic mass is 10.1. The molecule has 0 heterocycles. The number of rotatable bonds is 4. The van der Waals surface area contributed by atoms with Crippen molar-refractivity contribution in [1.82, 2.24) is 4.84 Å². The van der Waals surface area contributed by atoms with E-state index >= 15 is 0 Å². The lowest BCUT2D eigenvalue weighted by molar-refractivity contribution is -0.118. The Balaban J connectivity index is 3.27. The minimum atomic E-state index is 0.167. The second kappa shape index (κ2) is 4.77. The van der Waals surface area contributed by atoms with Gasteiger partial charge in [0.15, 0.2) is 0 Å². The summed E-state index contributed by atoms with van der Waals surface area (Å²) in [6.07, 6.45) is 0.611. The highest BCUT2D eigenvalue weighted by molar-refractivity contribution is 6.14. The first-order valence-electron chi connectivity index (χ1n) is 3.02. The van der Waals surface area contributed by atoms with Crippen LogP contribution in [0, 0.1) is 5.92 Å². The molecule has 0 radical (unpaired) electrons. The van der Waals surface area contributed by atoms with Gasteiger partial charge in [-0.1, -0.05) is 13.8 Å². The van der Waals surface area contributed by atoms with Gasteiger partial charge in [-0.2, -0.15) is 0 Å². The summed E-state index contributed by atoms with van der Waals surface area (Å²) in [7, 11) is 0. The summed E-state index contributed by atoms with van der Waals surface area (Å²) in [6.45, 7) is 4.29. The van der Waals surface area contributed by atoms with Gasteiger partial charge >= 0.3 is 0 Å². The van der Waals surface area contributed by atoms with Crippen LogP contribution >= 0.6 is 11.8 Å². The molecule has 0 saturated heterocycles. The molecule has 0 aliphatic heterocycles. The highest BCUT2D eigenvalue weighted by Crippen LogP contribution is 1.98. The Hall–Kier alpha value is -0.0800.